The molecule has 0 radical (unpaired) electrons. The smallest absolute Gasteiger partial charge is 0.209 e. The van der Waals surface area contributed by atoms with Crippen LogP contribution >= 0.6 is 11.8 Å². The Morgan fingerprint density at radius 2 is 2.24 bits per heavy atom. The minimum absolute atomic E-state index is 0.691. The first kappa shape index (κ1) is 11.7. The summed E-state index contributed by atoms with van der Waals surface area (Å²) in [7, 11) is 3.43. The van der Waals surface area contributed by atoms with E-state index in [-0.39, 0.29) is 0 Å². The van der Waals surface area contributed by atoms with Crippen molar-refractivity contribution in [3.05, 3.63) is 23.8 Å². The van der Waals surface area contributed by atoms with Gasteiger partial charge in [0, 0.05) is 24.6 Å². The van der Waals surface area contributed by atoms with Gasteiger partial charge in [-0.1, -0.05) is 11.8 Å². The molecule has 0 saturated heterocycles. The van der Waals surface area contributed by atoms with Crippen LogP contribution in [-0.2, 0) is 12.8 Å². The number of ether oxygens (including phenoxy) is 1. The Balaban J connectivity index is 2.09. The van der Waals surface area contributed by atoms with Gasteiger partial charge in [0.15, 0.2) is 0 Å². The first-order valence-corrected chi connectivity index (χ1v) is 5.96. The summed E-state index contributed by atoms with van der Waals surface area (Å²) in [4.78, 5) is 0. The van der Waals surface area contributed by atoms with Crippen molar-refractivity contribution in [1.29, 1.82) is 0 Å². The van der Waals surface area contributed by atoms with E-state index in [1.54, 1.807) is 29.6 Å². The standard InChI is InChI=1S/C10H13N5OS/c1-15-10(12-13-14-15)17-6-7-3-8(11)5-9(4-7)16-2/h3-5H,6,11H2,1-2H3. The average Bonchev–Trinajstić information content (AvgIpc) is 2.71. The molecule has 1 aromatic carbocycles. The van der Waals surface area contributed by atoms with Crippen molar-refractivity contribution in [2.45, 2.75) is 10.9 Å². The Morgan fingerprint density at radius 3 is 2.88 bits per heavy atom. The maximum absolute atomic E-state index is 5.78. The summed E-state index contributed by atoms with van der Waals surface area (Å²) in [6.45, 7) is 0. The van der Waals surface area contributed by atoms with Crippen LogP contribution in [0.15, 0.2) is 23.4 Å². The summed E-state index contributed by atoms with van der Waals surface area (Å²) in [6.07, 6.45) is 0. The maximum atomic E-state index is 5.78. The first-order chi connectivity index (χ1) is 8.19. The zero-order valence-electron chi connectivity index (χ0n) is 9.62. The van der Waals surface area contributed by atoms with Gasteiger partial charge in [0.05, 0.1) is 7.11 Å². The third kappa shape index (κ3) is 2.88. The third-order valence-corrected chi connectivity index (χ3v) is 3.26. The molecular formula is C10H13N5OS. The van der Waals surface area contributed by atoms with Crippen LogP contribution in [0.4, 0.5) is 5.69 Å². The van der Waals surface area contributed by atoms with Gasteiger partial charge in [0.25, 0.3) is 0 Å². The van der Waals surface area contributed by atoms with Gasteiger partial charge in [0.1, 0.15) is 5.75 Å². The normalized spacial score (nSPS) is 10.5. The molecule has 0 amide bonds. The number of rotatable bonds is 4. The van der Waals surface area contributed by atoms with Gasteiger partial charge in [-0.05, 0) is 28.1 Å². The van der Waals surface area contributed by atoms with Crippen molar-refractivity contribution < 1.29 is 4.74 Å². The highest BCUT2D eigenvalue weighted by atomic mass is 32.2. The van der Waals surface area contributed by atoms with E-state index >= 15 is 0 Å². The van der Waals surface area contributed by atoms with Crippen molar-refractivity contribution in [3.63, 3.8) is 0 Å². The quantitative estimate of drug-likeness (QED) is 0.647. The number of thioether (sulfide) groups is 1. The number of hydrogen-bond acceptors (Lipinski definition) is 6. The fourth-order valence-corrected chi connectivity index (χ4v) is 2.16. The highest BCUT2D eigenvalue weighted by Crippen LogP contribution is 2.24. The summed E-state index contributed by atoms with van der Waals surface area (Å²) < 4.78 is 6.79. The predicted octanol–water partition coefficient (Wildman–Crippen LogP) is 1.09. The predicted molar refractivity (Wildman–Crippen MR) is 65.8 cm³/mol. The molecule has 0 spiro atoms. The minimum Gasteiger partial charge on any atom is -0.497 e. The molecule has 2 N–H and O–H groups in total. The molecule has 0 fully saturated rings. The number of anilines is 1. The summed E-state index contributed by atoms with van der Waals surface area (Å²) in [5, 5.41) is 12.0. The van der Waals surface area contributed by atoms with Crippen LogP contribution in [0.3, 0.4) is 0 Å². The Hall–Kier alpha value is -1.76. The molecule has 0 aliphatic carbocycles. The van der Waals surface area contributed by atoms with Crippen molar-refractivity contribution in [2.75, 3.05) is 12.8 Å². The maximum Gasteiger partial charge on any atom is 0.209 e. The molecule has 0 aliphatic heterocycles. The number of methoxy groups -OCH3 is 1. The van der Waals surface area contributed by atoms with E-state index in [9.17, 15) is 0 Å². The Kier molecular flexibility index (Phi) is 3.48. The molecule has 2 rings (SSSR count). The second kappa shape index (κ2) is 5.05. The monoisotopic (exact) mass is 251 g/mol. The van der Waals surface area contributed by atoms with E-state index in [2.05, 4.69) is 15.5 Å². The Bertz CT molecular complexity index is 513. The minimum atomic E-state index is 0.691. The van der Waals surface area contributed by atoms with Crippen LogP contribution < -0.4 is 10.5 Å². The number of tetrazole rings is 1. The zero-order chi connectivity index (χ0) is 12.3. The lowest BCUT2D eigenvalue weighted by Crippen LogP contribution is -1.94. The highest BCUT2D eigenvalue weighted by molar-refractivity contribution is 7.98. The van der Waals surface area contributed by atoms with E-state index in [0.717, 1.165) is 22.2 Å². The van der Waals surface area contributed by atoms with Crippen LogP contribution in [0.2, 0.25) is 0 Å². The molecule has 6 nitrogen and oxygen atoms in total. The van der Waals surface area contributed by atoms with E-state index in [0.29, 0.717) is 5.69 Å². The molecule has 2 aromatic rings. The van der Waals surface area contributed by atoms with Gasteiger partial charge >= 0.3 is 0 Å². The van der Waals surface area contributed by atoms with Crippen molar-refractivity contribution in [3.8, 4) is 5.75 Å². The topological polar surface area (TPSA) is 78.8 Å². The lowest BCUT2D eigenvalue weighted by Gasteiger charge is -2.05. The number of nitrogen functional groups attached to an aromatic ring is 1. The Labute approximate surface area is 103 Å². The van der Waals surface area contributed by atoms with Gasteiger partial charge < -0.3 is 10.5 Å². The molecule has 1 heterocycles. The molecule has 90 valence electrons. The number of nitrogens with two attached hydrogens (primary N) is 1. The fourth-order valence-electron chi connectivity index (χ4n) is 1.38. The molecule has 0 unspecified atom stereocenters. The number of nitrogens with zero attached hydrogens (tertiary/aromatic N) is 4. The van der Waals surface area contributed by atoms with Gasteiger partial charge in [0.2, 0.25) is 5.16 Å². The van der Waals surface area contributed by atoms with Gasteiger partial charge in [-0.15, -0.1) is 5.10 Å². The van der Waals surface area contributed by atoms with Crippen molar-refractivity contribution >= 4 is 17.4 Å². The molecule has 0 bridgehead atoms. The third-order valence-electron chi connectivity index (χ3n) is 2.17. The average molecular weight is 251 g/mol. The second-order valence-corrected chi connectivity index (χ2v) is 4.43. The molecule has 7 heteroatoms. The van der Waals surface area contributed by atoms with E-state index in [1.807, 2.05) is 19.2 Å². The molecule has 0 saturated carbocycles. The summed E-state index contributed by atoms with van der Waals surface area (Å²) >= 11 is 1.55. The SMILES string of the molecule is COc1cc(N)cc(CSc2nnnn2C)c1. The van der Waals surface area contributed by atoms with E-state index in [1.165, 1.54) is 0 Å². The highest BCUT2D eigenvalue weighted by Gasteiger charge is 2.05. The summed E-state index contributed by atoms with van der Waals surface area (Å²) in [6, 6.07) is 5.66. The fraction of sp³-hybridized carbons (Fsp3) is 0.300. The summed E-state index contributed by atoms with van der Waals surface area (Å²) in [5.41, 5.74) is 7.55. The Morgan fingerprint density at radius 1 is 1.41 bits per heavy atom. The lowest BCUT2D eigenvalue weighted by atomic mass is 10.2. The van der Waals surface area contributed by atoms with E-state index in [4.69, 9.17) is 10.5 Å². The number of benzene rings is 1. The number of aromatic nitrogens is 4. The van der Waals surface area contributed by atoms with Crippen molar-refractivity contribution in [1.82, 2.24) is 20.2 Å². The lowest BCUT2D eigenvalue weighted by molar-refractivity contribution is 0.414. The molecule has 17 heavy (non-hydrogen) atoms. The van der Waals surface area contributed by atoms with Gasteiger partial charge in [-0.2, -0.15) is 0 Å². The first-order valence-electron chi connectivity index (χ1n) is 4.97. The van der Waals surface area contributed by atoms with Crippen LogP contribution in [0.5, 0.6) is 5.75 Å². The van der Waals surface area contributed by atoms with Gasteiger partial charge in [-0.25, -0.2) is 4.68 Å². The van der Waals surface area contributed by atoms with Crippen LogP contribution in [0, 0.1) is 0 Å². The molecule has 0 aliphatic rings. The number of hydrogen-bond donors (Lipinski definition) is 1. The molecular weight excluding hydrogens is 238 g/mol. The second-order valence-electron chi connectivity index (χ2n) is 3.49. The molecule has 0 atom stereocenters. The van der Waals surface area contributed by atoms with Crippen LogP contribution in [0.25, 0.3) is 0 Å². The number of aryl methyl sites for hydroxylation is 1. The summed E-state index contributed by atoms with van der Waals surface area (Å²) in [5.74, 6) is 1.51. The zero-order valence-corrected chi connectivity index (χ0v) is 10.4. The molecule has 1 aromatic heterocycles. The largest absolute Gasteiger partial charge is 0.497 e. The van der Waals surface area contributed by atoms with Crippen LogP contribution in [0.1, 0.15) is 5.56 Å². The van der Waals surface area contributed by atoms with Crippen molar-refractivity contribution in [2.24, 2.45) is 7.05 Å². The van der Waals surface area contributed by atoms with E-state index < -0.39 is 0 Å². The van der Waals surface area contributed by atoms with Gasteiger partial charge in [-0.3, -0.25) is 0 Å². The van der Waals surface area contributed by atoms with Crippen LogP contribution in [-0.4, -0.2) is 27.3 Å².